The van der Waals surface area contributed by atoms with Crippen molar-refractivity contribution in [2.24, 2.45) is 0 Å². The van der Waals surface area contributed by atoms with E-state index in [1.54, 1.807) is 12.3 Å². The van der Waals surface area contributed by atoms with E-state index in [0.29, 0.717) is 18.8 Å². The number of nitrogens with zero attached hydrogens (tertiary/aromatic N) is 1. The van der Waals surface area contributed by atoms with Gasteiger partial charge in [-0.05, 0) is 30.5 Å². The summed E-state index contributed by atoms with van der Waals surface area (Å²) in [6.45, 7) is 0.819. The molecule has 0 bridgehead atoms. The van der Waals surface area contributed by atoms with Crippen LogP contribution >= 0.6 is 0 Å². The molecule has 1 aromatic carbocycles. The minimum Gasteiger partial charge on any atom is -0.468 e. The number of hydrogen-bond acceptors (Lipinski definition) is 3. The third-order valence-corrected chi connectivity index (χ3v) is 5.25. The molecule has 0 unspecified atom stereocenters. The Morgan fingerprint density at radius 3 is 2.71 bits per heavy atom. The van der Waals surface area contributed by atoms with Crippen LogP contribution in [0.5, 0.6) is 0 Å². The maximum atomic E-state index is 12.5. The van der Waals surface area contributed by atoms with Gasteiger partial charge in [0.25, 0.3) is 10.2 Å². The van der Waals surface area contributed by atoms with E-state index < -0.39 is 10.2 Å². The van der Waals surface area contributed by atoms with E-state index in [1.807, 2.05) is 36.4 Å². The van der Waals surface area contributed by atoms with Crippen LogP contribution in [0.2, 0.25) is 0 Å². The van der Waals surface area contributed by atoms with Crippen molar-refractivity contribution in [3.8, 4) is 0 Å². The Hall–Kier alpha value is -1.63. The smallest absolute Gasteiger partial charge is 0.280 e. The van der Waals surface area contributed by atoms with Crippen LogP contribution in [0, 0.1) is 0 Å². The van der Waals surface area contributed by atoms with Crippen LogP contribution in [-0.4, -0.2) is 19.3 Å². The zero-order valence-electron chi connectivity index (χ0n) is 11.6. The van der Waals surface area contributed by atoms with E-state index in [4.69, 9.17) is 4.42 Å². The summed E-state index contributed by atoms with van der Waals surface area (Å²) in [5.74, 6) is 0.706. The van der Waals surface area contributed by atoms with Crippen LogP contribution in [0.15, 0.2) is 53.1 Å². The van der Waals surface area contributed by atoms with E-state index in [-0.39, 0.29) is 6.04 Å². The maximum Gasteiger partial charge on any atom is 0.280 e. The molecule has 1 saturated heterocycles. The molecule has 6 heteroatoms. The van der Waals surface area contributed by atoms with Crippen molar-refractivity contribution in [3.05, 3.63) is 60.1 Å². The Labute approximate surface area is 124 Å². The van der Waals surface area contributed by atoms with E-state index in [2.05, 4.69) is 4.72 Å². The third-order valence-electron chi connectivity index (χ3n) is 3.69. The molecule has 112 valence electrons. The molecule has 1 N–H and O–H groups in total. The second-order valence-corrected chi connectivity index (χ2v) is 6.80. The summed E-state index contributed by atoms with van der Waals surface area (Å²) in [5.41, 5.74) is 0.940. The molecule has 1 fully saturated rings. The predicted octanol–water partition coefficient (Wildman–Crippen LogP) is 2.45. The lowest BCUT2D eigenvalue weighted by molar-refractivity contribution is 0.335. The van der Waals surface area contributed by atoms with Crippen LogP contribution < -0.4 is 4.72 Å². The molecule has 0 aliphatic carbocycles. The highest BCUT2D eigenvalue weighted by Crippen LogP contribution is 2.33. The Morgan fingerprint density at radius 2 is 2.00 bits per heavy atom. The Kier molecular flexibility index (Phi) is 4.10. The fraction of sp³-hybridized carbons (Fsp3) is 0.333. The van der Waals surface area contributed by atoms with Gasteiger partial charge < -0.3 is 4.42 Å². The fourth-order valence-electron chi connectivity index (χ4n) is 2.65. The van der Waals surface area contributed by atoms with Crippen molar-refractivity contribution in [3.63, 3.8) is 0 Å². The standard InChI is InChI=1S/C15H18N2O3S/c18-21(19,16-12-13-6-2-1-3-7-13)17-10-4-8-14(17)15-9-5-11-20-15/h1-3,5-7,9,11,14,16H,4,8,10,12H2/t14-/m0/s1. The highest BCUT2D eigenvalue weighted by molar-refractivity contribution is 7.87. The van der Waals surface area contributed by atoms with Crippen molar-refractivity contribution < 1.29 is 12.8 Å². The largest absolute Gasteiger partial charge is 0.468 e. The van der Waals surface area contributed by atoms with Gasteiger partial charge in [-0.1, -0.05) is 30.3 Å². The zero-order valence-corrected chi connectivity index (χ0v) is 12.4. The van der Waals surface area contributed by atoms with Gasteiger partial charge in [0.15, 0.2) is 0 Å². The normalized spacial score (nSPS) is 19.9. The average molecular weight is 306 g/mol. The third kappa shape index (κ3) is 3.18. The summed E-state index contributed by atoms with van der Waals surface area (Å²) in [7, 11) is -3.51. The molecule has 0 saturated carbocycles. The van der Waals surface area contributed by atoms with Gasteiger partial charge in [-0.2, -0.15) is 17.4 Å². The molecule has 1 aromatic heterocycles. The molecule has 2 aromatic rings. The molecule has 0 radical (unpaired) electrons. The molecular formula is C15H18N2O3S. The van der Waals surface area contributed by atoms with Crippen molar-refractivity contribution in [2.75, 3.05) is 6.54 Å². The molecule has 3 rings (SSSR count). The van der Waals surface area contributed by atoms with E-state index in [1.165, 1.54) is 4.31 Å². The van der Waals surface area contributed by atoms with Crippen LogP contribution in [-0.2, 0) is 16.8 Å². The topological polar surface area (TPSA) is 62.6 Å². The monoisotopic (exact) mass is 306 g/mol. The van der Waals surface area contributed by atoms with Gasteiger partial charge in [-0.25, -0.2) is 0 Å². The molecule has 1 atom stereocenters. The van der Waals surface area contributed by atoms with E-state index in [0.717, 1.165) is 18.4 Å². The van der Waals surface area contributed by atoms with Gasteiger partial charge in [0.05, 0.1) is 12.3 Å². The molecular weight excluding hydrogens is 288 g/mol. The van der Waals surface area contributed by atoms with E-state index >= 15 is 0 Å². The highest BCUT2D eigenvalue weighted by Gasteiger charge is 2.36. The molecule has 1 aliphatic heterocycles. The lowest BCUT2D eigenvalue weighted by Gasteiger charge is -2.22. The first-order valence-corrected chi connectivity index (χ1v) is 8.44. The van der Waals surface area contributed by atoms with Crippen LogP contribution in [0.1, 0.15) is 30.2 Å². The minimum atomic E-state index is -3.51. The van der Waals surface area contributed by atoms with Gasteiger partial charge in [-0.15, -0.1) is 0 Å². The van der Waals surface area contributed by atoms with E-state index in [9.17, 15) is 8.42 Å². The summed E-state index contributed by atoms with van der Waals surface area (Å²) in [4.78, 5) is 0. The first-order chi connectivity index (χ1) is 10.2. The van der Waals surface area contributed by atoms with Crippen molar-refractivity contribution >= 4 is 10.2 Å². The Balaban J connectivity index is 1.72. The maximum absolute atomic E-state index is 12.5. The predicted molar refractivity (Wildman–Crippen MR) is 79.6 cm³/mol. The second kappa shape index (κ2) is 6.01. The van der Waals surface area contributed by atoms with Gasteiger partial charge in [0.1, 0.15) is 5.76 Å². The lowest BCUT2D eigenvalue weighted by Crippen LogP contribution is -2.39. The SMILES string of the molecule is O=S(=O)(NCc1ccccc1)N1CCC[C@H]1c1ccco1. The Morgan fingerprint density at radius 1 is 1.19 bits per heavy atom. The molecule has 2 heterocycles. The van der Waals surface area contributed by atoms with Crippen molar-refractivity contribution in [2.45, 2.75) is 25.4 Å². The summed E-state index contributed by atoms with van der Waals surface area (Å²) < 4.78 is 34.5. The number of hydrogen-bond donors (Lipinski definition) is 1. The van der Waals surface area contributed by atoms with Gasteiger partial charge in [0.2, 0.25) is 0 Å². The highest BCUT2D eigenvalue weighted by atomic mass is 32.2. The van der Waals surface area contributed by atoms with Crippen LogP contribution in [0.4, 0.5) is 0 Å². The van der Waals surface area contributed by atoms with Crippen LogP contribution in [0.3, 0.4) is 0 Å². The summed E-state index contributed by atoms with van der Waals surface area (Å²) in [6.07, 6.45) is 3.22. The van der Waals surface area contributed by atoms with Crippen molar-refractivity contribution in [1.29, 1.82) is 0 Å². The molecule has 21 heavy (non-hydrogen) atoms. The number of nitrogens with one attached hydrogen (secondary N) is 1. The summed E-state index contributed by atoms with van der Waals surface area (Å²) in [6, 6.07) is 12.9. The molecule has 1 aliphatic rings. The minimum absolute atomic E-state index is 0.201. The quantitative estimate of drug-likeness (QED) is 0.923. The number of benzene rings is 1. The zero-order chi connectivity index (χ0) is 14.7. The second-order valence-electron chi connectivity index (χ2n) is 5.10. The summed E-state index contributed by atoms with van der Waals surface area (Å²) in [5, 5.41) is 0. The molecule has 0 amide bonds. The lowest BCUT2D eigenvalue weighted by atomic mass is 10.2. The average Bonchev–Trinajstić information content (AvgIpc) is 3.16. The summed E-state index contributed by atoms with van der Waals surface area (Å²) >= 11 is 0. The number of furan rings is 1. The molecule has 0 spiro atoms. The van der Waals surface area contributed by atoms with Gasteiger partial charge in [0, 0.05) is 13.1 Å². The Bertz CT molecular complexity index is 668. The van der Waals surface area contributed by atoms with Crippen molar-refractivity contribution in [1.82, 2.24) is 9.03 Å². The van der Waals surface area contributed by atoms with Gasteiger partial charge >= 0.3 is 0 Å². The molecule has 5 nitrogen and oxygen atoms in total. The number of rotatable bonds is 5. The van der Waals surface area contributed by atoms with Gasteiger partial charge in [-0.3, -0.25) is 0 Å². The fourth-order valence-corrected chi connectivity index (χ4v) is 4.08. The first kappa shape index (κ1) is 14.3. The van der Waals surface area contributed by atoms with Crippen LogP contribution in [0.25, 0.3) is 0 Å². The first-order valence-electron chi connectivity index (χ1n) is 7.00.